The van der Waals surface area contributed by atoms with Crippen molar-refractivity contribution in [3.8, 4) is 12.0 Å². The highest BCUT2D eigenvalue weighted by molar-refractivity contribution is 5.96. The Morgan fingerprint density at radius 3 is 2.41 bits per heavy atom. The Morgan fingerprint density at radius 1 is 1.19 bits per heavy atom. The lowest BCUT2D eigenvalue weighted by molar-refractivity contribution is -0.139. The fourth-order valence-corrected chi connectivity index (χ4v) is 3.35. The lowest BCUT2D eigenvalue weighted by Crippen LogP contribution is -2.40. The third kappa shape index (κ3) is 3.90. The van der Waals surface area contributed by atoms with E-state index in [1.54, 1.807) is 47.8 Å². The van der Waals surface area contributed by atoms with Gasteiger partial charge in [0.2, 0.25) is 5.88 Å². The molecule has 0 spiro atoms. The molecule has 0 unspecified atom stereocenters. The second kappa shape index (κ2) is 8.12. The Balaban J connectivity index is 1.78. The van der Waals surface area contributed by atoms with Crippen molar-refractivity contribution >= 4 is 11.9 Å². The van der Waals surface area contributed by atoms with E-state index in [9.17, 15) is 14.9 Å². The molecule has 7 nitrogen and oxygen atoms in total. The van der Waals surface area contributed by atoms with Crippen molar-refractivity contribution in [1.29, 1.82) is 5.26 Å². The average molecular weight is 369 g/mol. The van der Waals surface area contributed by atoms with Gasteiger partial charge in [-0.3, -0.25) is 9.36 Å². The predicted molar refractivity (Wildman–Crippen MR) is 97.4 cm³/mol. The number of rotatable bonds is 4. The topological polar surface area (TPSA) is 88.5 Å². The van der Waals surface area contributed by atoms with Crippen molar-refractivity contribution in [2.45, 2.75) is 45.6 Å². The molecule has 0 bridgehead atoms. The highest BCUT2D eigenvalue weighted by atomic mass is 16.5. The molecule has 0 aliphatic carbocycles. The highest BCUT2D eigenvalue weighted by Gasteiger charge is 2.30. The molecule has 1 amide bonds. The molecular formula is C20H23N3O4. The number of amides is 1. The number of carbonyl (C=O) groups is 2. The number of carbonyl (C=O) groups excluding carboxylic acids is 2. The van der Waals surface area contributed by atoms with Gasteiger partial charge in [-0.25, -0.2) is 4.79 Å². The minimum Gasteiger partial charge on any atom is -0.449 e. The minimum absolute atomic E-state index is 0.0664. The van der Waals surface area contributed by atoms with E-state index < -0.39 is 12.1 Å². The van der Waals surface area contributed by atoms with Crippen LogP contribution in [0.2, 0.25) is 0 Å². The van der Waals surface area contributed by atoms with Gasteiger partial charge in [0.1, 0.15) is 23.0 Å². The van der Waals surface area contributed by atoms with E-state index >= 15 is 0 Å². The smallest absolute Gasteiger partial charge is 0.343 e. The maximum Gasteiger partial charge on any atom is 0.343 e. The zero-order chi connectivity index (χ0) is 19.4. The van der Waals surface area contributed by atoms with Crippen molar-refractivity contribution < 1.29 is 18.7 Å². The van der Waals surface area contributed by atoms with Crippen LogP contribution >= 0.6 is 0 Å². The SMILES string of the molecule is Cc1oc(-n2cccc2)c(C#N)c1C(=O)O[C@H](C)C(=O)N1CCCCCC1. The molecule has 2 aromatic rings. The van der Waals surface area contributed by atoms with Crippen LogP contribution in [-0.2, 0) is 9.53 Å². The first-order valence-corrected chi connectivity index (χ1v) is 9.19. The first-order chi connectivity index (χ1) is 13.0. The maximum absolute atomic E-state index is 12.7. The normalized spacial score (nSPS) is 15.7. The van der Waals surface area contributed by atoms with Gasteiger partial charge in [0, 0.05) is 25.5 Å². The summed E-state index contributed by atoms with van der Waals surface area (Å²) in [5.74, 6) is -0.370. The van der Waals surface area contributed by atoms with Gasteiger partial charge in [0.05, 0.1) is 0 Å². The van der Waals surface area contributed by atoms with E-state index in [2.05, 4.69) is 0 Å². The summed E-state index contributed by atoms with van der Waals surface area (Å²) in [6.45, 7) is 4.55. The van der Waals surface area contributed by atoms with Crippen molar-refractivity contribution in [2.75, 3.05) is 13.1 Å². The number of aromatic nitrogens is 1. The van der Waals surface area contributed by atoms with Crippen LogP contribution in [-0.4, -0.2) is 40.5 Å². The Labute approximate surface area is 158 Å². The quantitative estimate of drug-likeness (QED) is 0.772. The standard InChI is InChI=1S/C20H23N3O4/c1-14-17(16(13-21)19(26-14)23-11-7-8-12-23)20(25)27-15(2)18(24)22-9-5-3-4-6-10-22/h7-8,11-12,15H,3-6,9-10H2,1-2H3/t15-/m1/s1. The molecule has 0 radical (unpaired) electrons. The molecule has 1 aliphatic heterocycles. The monoisotopic (exact) mass is 369 g/mol. The molecule has 0 N–H and O–H groups in total. The van der Waals surface area contributed by atoms with Crippen LogP contribution in [0.3, 0.4) is 0 Å². The summed E-state index contributed by atoms with van der Waals surface area (Å²) >= 11 is 0. The van der Waals surface area contributed by atoms with Crippen LogP contribution in [0.5, 0.6) is 0 Å². The van der Waals surface area contributed by atoms with Crippen LogP contribution in [0.15, 0.2) is 28.9 Å². The predicted octanol–water partition coefficient (Wildman–Crippen LogP) is 3.20. The van der Waals surface area contributed by atoms with Crippen LogP contribution in [0.25, 0.3) is 5.88 Å². The molecule has 3 heterocycles. The fourth-order valence-electron chi connectivity index (χ4n) is 3.35. The number of nitrogens with zero attached hydrogens (tertiary/aromatic N) is 3. The van der Waals surface area contributed by atoms with Crippen LogP contribution < -0.4 is 0 Å². The summed E-state index contributed by atoms with van der Waals surface area (Å²) in [6.07, 6.45) is 6.68. The second-order valence-electron chi connectivity index (χ2n) is 6.70. The Kier molecular flexibility index (Phi) is 5.65. The zero-order valence-corrected chi connectivity index (χ0v) is 15.6. The van der Waals surface area contributed by atoms with Crippen LogP contribution in [0.1, 0.15) is 54.3 Å². The highest BCUT2D eigenvalue weighted by Crippen LogP contribution is 2.26. The molecule has 142 valence electrons. The first kappa shape index (κ1) is 18.8. The number of aryl methyl sites for hydroxylation is 1. The molecular weight excluding hydrogens is 346 g/mol. The molecule has 1 aliphatic rings. The third-order valence-electron chi connectivity index (χ3n) is 4.77. The Hall–Kier alpha value is -3.01. The molecule has 2 aromatic heterocycles. The van der Waals surface area contributed by atoms with Gasteiger partial charge in [0.25, 0.3) is 5.91 Å². The van der Waals surface area contributed by atoms with E-state index in [1.165, 1.54) is 0 Å². The minimum atomic E-state index is -0.911. The van der Waals surface area contributed by atoms with E-state index in [-0.39, 0.29) is 28.7 Å². The van der Waals surface area contributed by atoms with Crippen molar-refractivity contribution in [3.63, 3.8) is 0 Å². The van der Waals surface area contributed by atoms with Crippen LogP contribution in [0, 0.1) is 18.3 Å². The Bertz CT molecular complexity index is 853. The first-order valence-electron chi connectivity index (χ1n) is 9.19. The number of furan rings is 1. The summed E-state index contributed by atoms with van der Waals surface area (Å²) in [4.78, 5) is 27.0. The van der Waals surface area contributed by atoms with Gasteiger partial charge in [-0.15, -0.1) is 0 Å². The van der Waals surface area contributed by atoms with E-state index in [0.29, 0.717) is 13.1 Å². The van der Waals surface area contributed by atoms with Crippen molar-refractivity contribution in [1.82, 2.24) is 9.47 Å². The number of nitriles is 1. The summed E-state index contributed by atoms with van der Waals surface area (Å²) in [5.41, 5.74) is 0.167. The third-order valence-corrected chi connectivity index (χ3v) is 4.77. The van der Waals surface area contributed by atoms with Crippen molar-refractivity contribution in [2.24, 2.45) is 0 Å². The molecule has 7 heteroatoms. The van der Waals surface area contributed by atoms with E-state index in [1.807, 2.05) is 6.07 Å². The number of hydrogen-bond acceptors (Lipinski definition) is 5. The van der Waals surface area contributed by atoms with Gasteiger partial charge in [-0.1, -0.05) is 12.8 Å². The molecule has 0 saturated carbocycles. The zero-order valence-electron chi connectivity index (χ0n) is 15.6. The maximum atomic E-state index is 12.7. The van der Waals surface area contributed by atoms with Gasteiger partial charge >= 0.3 is 5.97 Å². The van der Waals surface area contributed by atoms with E-state index in [0.717, 1.165) is 25.7 Å². The molecule has 1 atom stereocenters. The van der Waals surface area contributed by atoms with Crippen LogP contribution in [0.4, 0.5) is 0 Å². The molecule has 1 fully saturated rings. The van der Waals surface area contributed by atoms with Gasteiger partial charge < -0.3 is 14.1 Å². The lowest BCUT2D eigenvalue weighted by Gasteiger charge is -2.23. The van der Waals surface area contributed by atoms with Crippen molar-refractivity contribution in [3.05, 3.63) is 41.4 Å². The number of esters is 1. The van der Waals surface area contributed by atoms with Gasteiger partial charge in [-0.2, -0.15) is 5.26 Å². The summed E-state index contributed by atoms with van der Waals surface area (Å²) in [5, 5.41) is 9.53. The number of ether oxygens (including phenoxy) is 1. The molecule has 1 saturated heterocycles. The van der Waals surface area contributed by atoms with Gasteiger partial charge in [-0.05, 0) is 38.8 Å². The number of likely N-dealkylation sites (tertiary alicyclic amines) is 1. The number of hydrogen-bond donors (Lipinski definition) is 0. The molecule has 0 aromatic carbocycles. The Morgan fingerprint density at radius 2 is 1.81 bits per heavy atom. The summed E-state index contributed by atoms with van der Waals surface area (Å²) in [7, 11) is 0. The second-order valence-corrected chi connectivity index (χ2v) is 6.70. The van der Waals surface area contributed by atoms with E-state index in [4.69, 9.17) is 9.15 Å². The fraction of sp³-hybridized carbons (Fsp3) is 0.450. The summed E-state index contributed by atoms with van der Waals surface area (Å²) in [6, 6.07) is 5.60. The lowest BCUT2D eigenvalue weighted by atomic mass is 10.1. The van der Waals surface area contributed by atoms with Gasteiger partial charge in [0.15, 0.2) is 6.10 Å². The molecule has 27 heavy (non-hydrogen) atoms. The largest absolute Gasteiger partial charge is 0.449 e. The summed E-state index contributed by atoms with van der Waals surface area (Å²) < 4.78 is 12.6. The average Bonchev–Trinajstić information content (AvgIpc) is 3.20. The molecule has 3 rings (SSSR count).